The van der Waals surface area contributed by atoms with Crippen molar-refractivity contribution in [3.8, 4) is 0 Å². The number of hydrogen-bond acceptors (Lipinski definition) is 4. The normalized spacial score (nSPS) is 27.3. The van der Waals surface area contributed by atoms with Crippen molar-refractivity contribution < 1.29 is 9.53 Å². The maximum Gasteiger partial charge on any atom is 0.249 e. The van der Waals surface area contributed by atoms with Gasteiger partial charge >= 0.3 is 0 Å². The fourth-order valence-corrected chi connectivity index (χ4v) is 2.68. The summed E-state index contributed by atoms with van der Waals surface area (Å²) >= 11 is 0. The Morgan fingerprint density at radius 2 is 2.20 bits per heavy atom. The molecule has 108 valence electrons. The van der Waals surface area contributed by atoms with Crippen LogP contribution in [0.15, 0.2) is 12.3 Å². The van der Waals surface area contributed by atoms with Gasteiger partial charge in [-0.15, -0.1) is 0 Å². The van der Waals surface area contributed by atoms with Crippen molar-refractivity contribution in [2.45, 2.75) is 57.8 Å². The van der Waals surface area contributed by atoms with Crippen LogP contribution in [-0.2, 0) is 9.53 Å². The molecule has 5 nitrogen and oxygen atoms in total. The molecular weight excluding hydrogens is 254 g/mol. The second kappa shape index (κ2) is 5.48. The summed E-state index contributed by atoms with van der Waals surface area (Å²) in [6, 6.07) is 1.80. The van der Waals surface area contributed by atoms with Crippen LogP contribution in [0.2, 0.25) is 0 Å². The highest BCUT2D eigenvalue weighted by molar-refractivity contribution is 5.81. The molecule has 1 aliphatic heterocycles. The third-order valence-corrected chi connectivity index (χ3v) is 4.01. The van der Waals surface area contributed by atoms with E-state index in [1.54, 1.807) is 6.20 Å². The van der Waals surface area contributed by atoms with Crippen LogP contribution in [0.5, 0.6) is 0 Å². The molecule has 0 spiro atoms. The topological polar surface area (TPSA) is 64.1 Å². The summed E-state index contributed by atoms with van der Waals surface area (Å²) < 4.78 is 5.63. The zero-order valence-corrected chi connectivity index (χ0v) is 12.0. The zero-order chi connectivity index (χ0) is 14.1. The van der Waals surface area contributed by atoms with Gasteiger partial charge in [0.2, 0.25) is 5.91 Å². The van der Waals surface area contributed by atoms with E-state index in [1.807, 2.05) is 19.9 Å². The van der Waals surface area contributed by atoms with Gasteiger partial charge in [0, 0.05) is 11.9 Å². The standard InChI is InChI=1S/C15H21N3O2/c1-9-7-8-16-14(17-9)13(11-4-5-11)18-15(19)12-6-3-10(2)20-12/h7-8,10-13H,3-6H2,1-2H3,(H,18,19)/t10-,12-,13-/m1/s1. The van der Waals surface area contributed by atoms with E-state index < -0.39 is 0 Å². The molecule has 1 amide bonds. The van der Waals surface area contributed by atoms with E-state index in [2.05, 4.69) is 15.3 Å². The Morgan fingerprint density at radius 1 is 1.40 bits per heavy atom. The van der Waals surface area contributed by atoms with Crippen molar-refractivity contribution in [2.75, 3.05) is 0 Å². The van der Waals surface area contributed by atoms with Gasteiger partial charge in [0.25, 0.3) is 0 Å². The van der Waals surface area contributed by atoms with Crippen molar-refractivity contribution in [3.63, 3.8) is 0 Å². The summed E-state index contributed by atoms with van der Waals surface area (Å²) in [6.45, 7) is 3.95. The Bertz CT molecular complexity index is 502. The van der Waals surface area contributed by atoms with E-state index in [4.69, 9.17) is 4.74 Å². The van der Waals surface area contributed by atoms with E-state index in [-0.39, 0.29) is 24.2 Å². The molecule has 2 aliphatic rings. The van der Waals surface area contributed by atoms with Crippen LogP contribution in [0.25, 0.3) is 0 Å². The average Bonchev–Trinajstić information content (AvgIpc) is 3.17. The van der Waals surface area contributed by atoms with E-state index >= 15 is 0 Å². The molecule has 2 heterocycles. The number of hydrogen-bond donors (Lipinski definition) is 1. The van der Waals surface area contributed by atoms with Crippen LogP contribution in [0.4, 0.5) is 0 Å². The first-order valence-corrected chi connectivity index (χ1v) is 7.39. The maximum absolute atomic E-state index is 12.3. The lowest BCUT2D eigenvalue weighted by molar-refractivity contribution is -0.132. The highest BCUT2D eigenvalue weighted by atomic mass is 16.5. The number of nitrogens with zero attached hydrogens (tertiary/aromatic N) is 2. The third-order valence-electron chi connectivity index (χ3n) is 4.01. The number of rotatable bonds is 4. The van der Waals surface area contributed by atoms with Crippen molar-refractivity contribution in [1.29, 1.82) is 0 Å². The number of ether oxygens (including phenoxy) is 1. The SMILES string of the molecule is Cc1ccnc([C@H](NC(=O)[C@H]2CC[C@@H](C)O2)C2CC2)n1. The molecular formula is C15H21N3O2. The Balaban J connectivity index is 1.70. The van der Waals surface area contributed by atoms with Crippen LogP contribution in [-0.4, -0.2) is 28.1 Å². The number of aryl methyl sites for hydroxylation is 1. The minimum absolute atomic E-state index is 0.0173. The third kappa shape index (κ3) is 2.98. The van der Waals surface area contributed by atoms with E-state index in [1.165, 1.54) is 0 Å². The van der Waals surface area contributed by atoms with Crippen molar-refractivity contribution >= 4 is 5.91 Å². The van der Waals surface area contributed by atoms with Crippen LogP contribution in [0.1, 0.15) is 50.2 Å². The first-order chi connectivity index (χ1) is 9.63. The smallest absolute Gasteiger partial charge is 0.249 e. The van der Waals surface area contributed by atoms with E-state index in [0.717, 1.165) is 37.2 Å². The maximum atomic E-state index is 12.3. The molecule has 3 atom stereocenters. The zero-order valence-electron chi connectivity index (χ0n) is 12.0. The first kappa shape index (κ1) is 13.5. The van der Waals surface area contributed by atoms with Gasteiger partial charge in [0.15, 0.2) is 5.82 Å². The summed E-state index contributed by atoms with van der Waals surface area (Å²) in [4.78, 5) is 21.1. The van der Waals surface area contributed by atoms with Gasteiger partial charge in [-0.3, -0.25) is 4.79 Å². The molecule has 1 saturated carbocycles. The van der Waals surface area contributed by atoms with Crippen molar-refractivity contribution in [2.24, 2.45) is 5.92 Å². The molecule has 0 bridgehead atoms. The van der Waals surface area contributed by atoms with Gasteiger partial charge in [-0.2, -0.15) is 0 Å². The summed E-state index contributed by atoms with van der Waals surface area (Å²) in [5, 5.41) is 3.10. The van der Waals surface area contributed by atoms with Gasteiger partial charge in [0.05, 0.1) is 12.1 Å². The fourth-order valence-electron chi connectivity index (χ4n) is 2.68. The molecule has 1 N–H and O–H groups in total. The monoisotopic (exact) mass is 275 g/mol. The van der Waals surface area contributed by atoms with Gasteiger partial charge in [-0.25, -0.2) is 9.97 Å². The number of amides is 1. The predicted octanol–water partition coefficient (Wildman–Crippen LogP) is 1.92. The lowest BCUT2D eigenvalue weighted by Gasteiger charge is -2.19. The molecule has 20 heavy (non-hydrogen) atoms. The average molecular weight is 275 g/mol. The second-order valence-corrected chi connectivity index (χ2v) is 5.89. The molecule has 0 aromatic carbocycles. The molecule has 3 rings (SSSR count). The molecule has 1 aliphatic carbocycles. The number of carbonyl (C=O) groups is 1. The Kier molecular flexibility index (Phi) is 3.70. The summed E-state index contributed by atoms with van der Waals surface area (Å²) in [6.07, 6.45) is 5.64. The Hall–Kier alpha value is -1.49. The van der Waals surface area contributed by atoms with Gasteiger partial charge in [-0.05, 0) is 51.5 Å². The largest absolute Gasteiger partial charge is 0.365 e. The van der Waals surface area contributed by atoms with Gasteiger partial charge < -0.3 is 10.1 Å². The number of carbonyl (C=O) groups excluding carboxylic acids is 1. The fraction of sp³-hybridized carbons (Fsp3) is 0.667. The molecule has 1 aromatic rings. The molecule has 1 aromatic heterocycles. The first-order valence-electron chi connectivity index (χ1n) is 7.39. The van der Waals surface area contributed by atoms with Crippen LogP contribution >= 0.6 is 0 Å². The van der Waals surface area contributed by atoms with Gasteiger partial charge in [0.1, 0.15) is 6.10 Å². The lowest BCUT2D eigenvalue weighted by Crippen LogP contribution is -2.38. The van der Waals surface area contributed by atoms with Crippen molar-refractivity contribution in [3.05, 3.63) is 23.8 Å². The quantitative estimate of drug-likeness (QED) is 0.911. The van der Waals surface area contributed by atoms with Crippen LogP contribution in [0.3, 0.4) is 0 Å². The highest BCUT2D eigenvalue weighted by Gasteiger charge is 2.37. The van der Waals surface area contributed by atoms with E-state index in [9.17, 15) is 4.79 Å². The minimum Gasteiger partial charge on any atom is -0.365 e. The number of aromatic nitrogens is 2. The Labute approximate surface area is 119 Å². The molecule has 1 saturated heterocycles. The molecule has 0 unspecified atom stereocenters. The summed E-state index contributed by atoms with van der Waals surface area (Å²) in [5.74, 6) is 1.18. The summed E-state index contributed by atoms with van der Waals surface area (Å²) in [5.41, 5.74) is 0.931. The minimum atomic E-state index is -0.309. The molecule has 2 fully saturated rings. The molecule has 0 radical (unpaired) electrons. The lowest BCUT2D eigenvalue weighted by atomic mass is 10.1. The molecule has 5 heteroatoms. The van der Waals surface area contributed by atoms with E-state index in [0.29, 0.717) is 5.92 Å². The Morgan fingerprint density at radius 3 is 2.80 bits per heavy atom. The summed E-state index contributed by atoms with van der Waals surface area (Å²) in [7, 11) is 0. The van der Waals surface area contributed by atoms with Crippen LogP contribution < -0.4 is 5.32 Å². The van der Waals surface area contributed by atoms with Crippen molar-refractivity contribution in [1.82, 2.24) is 15.3 Å². The second-order valence-electron chi connectivity index (χ2n) is 5.89. The predicted molar refractivity (Wildman–Crippen MR) is 73.9 cm³/mol. The van der Waals surface area contributed by atoms with Gasteiger partial charge in [-0.1, -0.05) is 0 Å². The van der Waals surface area contributed by atoms with Crippen LogP contribution in [0, 0.1) is 12.8 Å². The highest BCUT2D eigenvalue weighted by Crippen LogP contribution is 2.40. The number of nitrogens with one attached hydrogen (secondary N) is 1.